The Hall–Kier alpha value is -0.680. The summed E-state index contributed by atoms with van der Waals surface area (Å²) < 4.78 is 9.95. The third-order valence-corrected chi connectivity index (χ3v) is 1.45. The summed E-state index contributed by atoms with van der Waals surface area (Å²) in [7, 11) is 0. The van der Waals surface area contributed by atoms with Gasteiger partial charge in [0, 0.05) is 6.42 Å². The summed E-state index contributed by atoms with van der Waals surface area (Å²) in [6.45, 7) is 11.4. The minimum atomic E-state index is -1.04. The maximum absolute atomic E-state index is 9.31. The molecule has 0 saturated carbocycles. The molecule has 0 aromatic carbocycles. The first-order valence-electron chi connectivity index (χ1n) is 4.80. The number of hydrogen-bond donors (Lipinski definition) is 2. The second-order valence-corrected chi connectivity index (χ2v) is 3.68. The molecule has 0 aliphatic heterocycles. The van der Waals surface area contributed by atoms with Crippen molar-refractivity contribution in [2.24, 2.45) is 0 Å². The van der Waals surface area contributed by atoms with E-state index in [9.17, 15) is 10.2 Å². The molecule has 0 heterocycles. The maximum Gasteiger partial charge on any atom is 0.159 e. The summed E-state index contributed by atoms with van der Waals surface area (Å²) in [5.41, 5.74) is 1.62. The highest BCUT2D eigenvalue weighted by molar-refractivity contribution is 4.88. The van der Waals surface area contributed by atoms with E-state index >= 15 is 0 Å². The highest BCUT2D eigenvalue weighted by atomic mass is 16.6. The highest BCUT2D eigenvalue weighted by Gasteiger charge is 2.12. The van der Waals surface area contributed by atoms with Crippen LogP contribution < -0.4 is 0 Å². The average molecular weight is 216 g/mol. The summed E-state index contributed by atoms with van der Waals surface area (Å²) >= 11 is 0. The molecule has 0 aliphatic carbocycles. The van der Waals surface area contributed by atoms with Crippen LogP contribution in [0.2, 0.25) is 0 Å². The second-order valence-electron chi connectivity index (χ2n) is 3.68. The van der Waals surface area contributed by atoms with Gasteiger partial charge < -0.3 is 19.7 Å². The predicted octanol–water partition coefficient (Wildman–Crippen LogP) is 1.20. The van der Waals surface area contributed by atoms with Crippen molar-refractivity contribution in [3.63, 3.8) is 0 Å². The average Bonchev–Trinajstić information content (AvgIpc) is 2.11. The Balaban J connectivity index is 3.61. The molecule has 0 radical (unpaired) electrons. The lowest BCUT2D eigenvalue weighted by atomic mass is 10.3. The number of ether oxygens (including phenoxy) is 2. The minimum absolute atomic E-state index is 0.0144. The third-order valence-electron chi connectivity index (χ3n) is 1.45. The molecular weight excluding hydrogens is 196 g/mol. The minimum Gasteiger partial charge on any atom is -0.368 e. The molecule has 0 aromatic rings. The zero-order valence-electron chi connectivity index (χ0n) is 9.40. The molecule has 0 bridgehead atoms. The Morgan fingerprint density at radius 3 is 1.60 bits per heavy atom. The van der Waals surface area contributed by atoms with Crippen molar-refractivity contribution in [1.82, 2.24) is 0 Å². The maximum atomic E-state index is 9.31. The summed E-state index contributed by atoms with van der Waals surface area (Å²) in [5.74, 6) is 0. The first kappa shape index (κ1) is 14.3. The van der Waals surface area contributed by atoms with Crippen molar-refractivity contribution >= 4 is 0 Å². The van der Waals surface area contributed by atoms with Crippen molar-refractivity contribution in [2.75, 3.05) is 13.2 Å². The normalized spacial score (nSPS) is 14.7. The van der Waals surface area contributed by atoms with E-state index < -0.39 is 12.6 Å². The second kappa shape index (κ2) is 7.59. The molecule has 0 aromatic heterocycles. The lowest BCUT2D eigenvalue weighted by Crippen LogP contribution is -2.23. The molecule has 4 heteroatoms. The predicted molar refractivity (Wildman–Crippen MR) is 58.2 cm³/mol. The van der Waals surface area contributed by atoms with Crippen LogP contribution in [0.5, 0.6) is 0 Å². The fraction of sp³-hybridized carbons (Fsp3) is 0.636. The van der Waals surface area contributed by atoms with E-state index in [1.54, 1.807) is 13.8 Å². The van der Waals surface area contributed by atoms with Gasteiger partial charge in [-0.2, -0.15) is 0 Å². The van der Waals surface area contributed by atoms with Crippen LogP contribution in [0.25, 0.3) is 0 Å². The molecule has 0 spiro atoms. The summed E-state index contributed by atoms with van der Waals surface area (Å²) in [6, 6.07) is 0. The van der Waals surface area contributed by atoms with Crippen LogP contribution in [0, 0.1) is 0 Å². The quantitative estimate of drug-likeness (QED) is 0.473. The van der Waals surface area contributed by atoms with Crippen LogP contribution in [0.4, 0.5) is 0 Å². The fourth-order valence-electron chi connectivity index (χ4n) is 0.785. The van der Waals surface area contributed by atoms with Gasteiger partial charge in [-0.05, 0) is 13.8 Å². The SMILES string of the molecule is C=C(C)COC(O)CC(O)OCC(=C)C. The number of hydrogen-bond acceptors (Lipinski definition) is 4. The van der Waals surface area contributed by atoms with Crippen molar-refractivity contribution in [2.45, 2.75) is 32.8 Å². The molecule has 0 amide bonds. The van der Waals surface area contributed by atoms with Crippen molar-refractivity contribution in [3.8, 4) is 0 Å². The number of aliphatic hydroxyl groups is 2. The van der Waals surface area contributed by atoms with Crippen molar-refractivity contribution < 1.29 is 19.7 Å². The van der Waals surface area contributed by atoms with Crippen LogP contribution in [0.15, 0.2) is 24.3 Å². The Bertz CT molecular complexity index is 191. The summed E-state index contributed by atoms with van der Waals surface area (Å²) in [6.07, 6.45) is -2.07. The van der Waals surface area contributed by atoms with Crippen LogP contribution in [-0.4, -0.2) is 36.0 Å². The van der Waals surface area contributed by atoms with Gasteiger partial charge in [0.1, 0.15) is 0 Å². The van der Waals surface area contributed by atoms with Crippen LogP contribution in [-0.2, 0) is 9.47 Å². The van der Waals surface area contributed by atoms with E-state index in [2.05, 4.69) is 13.2 Å². The molecule has 0 fully saturated rings. The molecule has 15 heavy (non-hydrogen) atoms. The zero-order valence-corrected chi connectivity index (χ0v) is 9.40. The van der Waals surface area contributed by atoms with Crippen LogP contribution in [0.3, 0.4) is 0 Å². The molecule has 88 valence electrons. The van der Waals surface area contributed by atoms with E-state index in [4.69, 9.17) is 9.47 Å². The van der Waals surface area contributed by atoms with E-state index in [0.29, 0.717) is 0 Å². The van der Waals surface area contributed by atoms with Gasteiger partial charge >= 0.3 is 0 Å². The van der Waals surface area contributed by atoms with Gasteiger partial charge in [-0.1, -0.05) is 24.3 Å². The number of rotatable bonds is 8. The van der Waals surface area contributed by atoms with Gasteiger partial charge in [-0.3, -0.25) is 0 Å². The molecule has 2 unspecified atom stereocenters. The fourth-order valence-corrected chi connectivity index (χ4v) is 0.785. The molecule has 4 nitrogen and oxygen atoms in total. The molecule has 2 N–H and O–H groups in total. The van der Waals surface area contributed by atoms with Crippen LogP contribution in [0.1, 0.15) is 20.3 Å². The van der Waals surface area contributed by atoms with Crippen molar-refractivity contribution in [3.05, 3.63) is 24.3 Å². The van der Waals surface area contributed by atoms with E-state index in [1.165, 1.54) is 0 Å². The van der Waals surface area contributed by atoms with E-state index in [1.807, 2.05) is 0 Å². The standard InChI is InChI=1S/C11H20O4/c1-8(2)6-14-10(12)5-11(13)15-7-9(3)4/h10-13H,1,3,5-7H2,2,4H3. The monoisotopic (exact) mass is 216 g/mol. The van der Waals surface area contributed by atoms with Crippen LogP contribution >= 0.6 is 0 Å². The van der Waals surface area contributed by atoms with E-state index in [-0.39, 0.29) is 19.6 Å². The molecule has 2 atom stereocenters. The van der Waals surface area contributed by atoms with E-state index in [0.717, 1.165) is 11.1 Å². The summed E-state index contributed by atoms with van der Waals surface area (Å²) in [4.78, 5) is 0. The van der Waals surface area contributed by atoms with Gasteiger partial charge in [0.25, 0.3) is 0 Å². The Morgan fingerprint density at radius 2 is 1.33 bits per heavy atom. The Labute approximate surface area is 90.8 Å². The Morgan fingerprint density at radius 1 is 1.00 bits per heavy atom. The lowest BCUT2D eigenvalue weighted by molar-refractivity contribution is -0.169. The molecule has 0 rings (SSSR count). The van der Waals surface area contributed by atoms with Gasteiger partial charge in [-0.15, -0.1) is 0 Å². The lowest BCUT2D eigenvalue weighted by Gasteiger charge is -2.16. The first-order valence-corrected chi connectivity index (χ1v) is 4.80. The molecular formula is C11H20O4. The number of aliphatic hydroxyl groups excluding tert-OH is 2. The summed E-state index contributed by atoms with van der Waals surface area (Å²) in [5, 5.41) is 18.6. The smallest absolute Gasteiger partial charge is 0.159 e. The van der Waals surface area contributed by atoms with Gasteiger partial charge in [0.15, 0.2) is 12.6 Å². The highest BCUT2D eigenvalue weighted by Crippen LogP contribution is 2.04. The third kappa shape index (κ3) is 9.62. The molecule has 0 saturated heterocycles. The van der Waals surface area contributed by atoms with Crippen molar-refractivity contribution in [1.29, 1.82) is 0 Å². The Kier molecular flexibility index (Phi) is 7.25. The zero-order chi connectivity index (χ0) is 11.8. The topological polar surface area (TPSA) is 58.9 Å². The largest absolute Gasteiger partial charge is 0.368 e. The van der Waals surface area contributed by atoms with Gasteiger partial charge in [-0.25, -0.2) is 0 Å². The van der Waals surface area contributed by atoms with Gasteiger partial charge in [0.05, 0.1) is 13.2 Å². The first-order chi connectivity index (χ1) is 6.91. The van der Waals surface area contributed by atoms with Gasteiger partial charge in [0.2, 0.25) is 0 Å². The molecule has 0 aliphatic rings.